The molecular weight excluding hydrogens is 360 g/mol. The molecule has 0 heterocycles. The van der Waals surface area contributed by atoms with Gasteiger partial charge in [0.15, 0.2) is 9.84 Å². The van der Waals surface area contributed by atoms with Crippen LogP contribution in [0.15, 0.2) is 59.5 Å². The van der Waals surface area contributed by atoms with E-state index in [1.165, 1.54) is 0 Å². The van der Waals surface area contributed by atoms with Gasteiger partial charge in [-0.05, 0) is 30.7 Å². The Balaban J connectivity index is 0.00000312. The van der Waals surface area contributed by atoms with Crippen LogP contribution in [0, 0.1) is 5.92 Å². The normalized spacial score (nSPS) is 13.4. The molecule has 136 valence electrons. The molecule has 0 radical (unpaired) electrons. The Bertz CT molecular complexity index is 808. The molecule has 2 atom stereocenters. The maximum Gasteiger partial charge on any atom is 0.228 e. The lowest BCUT2D eigenvalue weighted by molar-refractivity contribution is -0.119. The Kier molecular flexibility index (Phi) is 7.60. The lowest BCUT2D eigenvalue weighted by atomic mass is 10.0. The van der Waals surface area contributed by atoms with Gasteiger partial charge in [0, 0.05) is 11.7 Å². The number of rotatable bonds is 6. The van der Waals surface area contributed by atoms with Gasteiger partial charge in [-0.2, -0.15) is 0 Å². The highest BCUT2D eigenvalue weighted by Crippen LogP contribution is 2.22. The summed E-state index contributed by atoms with van der Waals surface area (Å²) in [5.74, 6) is -0.779. The fourth-order valence-corrected chi connectivity index (χ4v) is 3.57. The van der Waals surface area contributed by atoms with Crippen LogP contribution in [0.1, 0.15) is 19.4 Å². The lowest BCUT2D eigenvalue weighted by Gasteiger charge is -2.17. The van der Waals surface area contributed by atoms with E-state index in [9.17, 15) is 13.2 Å². The average Bonchev–Trinajstić information content (AvgIpc) is 2.56. The van der Waals surface area contributed by atoms with Gasteiger partial charge in [0.1, 0.15) is 0 Å². The molecule has 0 aromatic heterocycles. The summed E-state index contributed by atoms with van der Waals surface area (Å²) >= 11 is 0. The van der Waals surface area contributed by atoms with E-state index >= 15 is 0 Å². The Morgan fingerprint density at radius 1 is 1.04 bits per heavy atom. The number of sulfone groups is 1. The third kappa shape index (κ3) is 5.56. The first-order valence-corrected chi connectivity index (χ1v) is 9.38. The number of carbonyl (C=O) groups excluding carboxylic acids is 1. The zero-order chi connectivity index (χ0) is 17.7. The minimum Gasteiger partial charge on any atom is -0.327 e. The van der Waals surface area contributed by atoms with Crippen LogP contribution < -0.4 is 11.1 Å². The molecule has 2 rings (SSSR count). The Morgan fingerprint density at radius 3 is 2.20 bits per heavy atom. The molecule has 1 amide bonds. The van der Waals surface area contributed by atoms with Gasteiger partial charge in [-0.1, -0.05) is 43.3 Å². The van der Waals surface area contributed by atoms with E-state index < -0.39 is 9.84 Å². The van der Waals surface area contributed by atoms with Crippen LogP contribution in [0.3, 0.4) is 0 Å². The number of hydrogen-bond donors (Lipinski definition) is 2. The quantitative estimate of drug-likeness (QED) is 0.803. The SMILES string of the molecule is CC(N)C(C)C(=O)Nc1ccccc1CS(=O)(=O)c1ccccc1.Cl. The fraction of sp³-hybridized carbons (Fsp3) is 0.278. The van der Waals surface area contributed by atoms with Crippen LogP contribution in [-0.4, -0.2) is 20.4 Å². The molecule has 0 saturated carbocycles. The summed E-state index contributed by atoms with van der Waals surface area (Å²) in [6.45, 7) is 3.50. The summed E-state index contributed by atoms with van der Waals surface area (Å²) in [5, 5.41) is 2.78. The number of hydrogen-bond acceptors (Lipinski definition) is 4. The number of anilines is 1. The summed E-state index contributed by atoms with van der Waals surface area (Å²) < 4.78 is 25.1. The van der Waals surface area contributed by atoms with Crippen molar-refractivity contribution in [2.75, 3.05) is 5.32 Å². The highest BCUT2D eigenvalue weighted by atomic mass is 35.5. The summed E-state index contributed by atoms with van der Waals surface area (Å²) in [6.07, 6.45) is 0. The minimum atomic E-state index is -3.48. The number of nitrogens with two attached hydrogens (primary N) is 1. The van der Waals surface area contributed by atoms with E-state index in [-0.39, 0.29) is 40.9 Å². The van der Waals surface area contributed by atoms with Gasteiger partial charge in [0.25, 0.3) is 0 Å². The molecule has 2 unspecified atom stereocenters. The maximum absolute atomic E-state index is 12.5. The number of benzene rings is 2. The van der Waals surface area contributed by atoms with Gasteiger partial charge in [0.2, 0.25) is 5.91 Å². The molecule has 0 spiro atoms. The molecule has 0 aliphatic carbocycles. The number of nitrogens with one attached hydrogen (secondary N) is 1. The molecule has 0 aliphatic heterocycles. The van der Waals surface area contributed by atoms with Gasteiger partial charge < -0.3 is 11.1 Å². The van der Waals surface area contributed by atoms with E-state index in [1.807, 2.05) is 0 Å². The van der Waals surface area contributed by atoms with Gasteiger partial charge in [-0.3, -0.25) is 4.79 Å². The molecule has 5 nitrogen and oxygen atoms in total. The largest absolute Gasteiger partial charge is 0.327 e. The van der Waals surface area contributed by atoms with E-state index in [0.717, 1.165) is 0 Å². The molecule has 0 fully saturated rings. The third-order valence-electron chi connectivity index (χ3n) is 3.93. The van der Waals surface area contributed by atoms with E-state index in [1.54, 1.807) is 68.4 Å². The summed E-state index contributed by atoms with van der Waals surface area (Å²) in [7, 11) is -3.48. The van der Waals surface area contributed by atoms with E-state index in [2.05, 4.69) is 5.32 Å². The van der Waals surface area contributed by atoms with Crippen LogP contribution in [0.25, 0.3) is 0 Å². The molecule has 3 N–H and O–H groups in total. The van der Waals surface area contributed by atoms with Crippen molar-refractivity contribution < 1.29 is 13.2 Å². The van der Waals surface area contributed by atoms with Gasteiger partial charge in [-0.15, -0.1) is 12.4 Å². The van der Waals surface area contributed by atoms with E-state index in [0.29, 0.717) is 11.3 Å². The second-order valence-corrected chi connectivity index (χ2v) is 7.86. The summed E-state index contributed by atoms with van der Waals surface area (Å²) in [6, 6.07) is 14.9. The third-order valence-corrected chi connectivity index (χ3v) is 5.61. The Labute approximate surface area is 155 Å². The predicted molar refractivity (Wildman–Crippen MR) is 102 cm³/mol. The maximum atomic E-state index is 12.5. The summed E-state index contributed by atoms with van der Waals surface area (Å²) in [5.41, 5.74) is 6.79. The van der Waals surface area contributed by atoms with Gasteiger partial charge >= 0.3 is 0 Å². The van der Waals surface area contributed by atoms with Gasteiger partial charge in [-0.25, -0.2) is 8.42 Å². The van der Waals surface area contributed by atoms with Crippen LogP contribution >= 0.6 is 12.4 Å². The molecule has 25 heavy (non-hydrogen) atoms. The van der Waals surface area contributed by atoms with Crippen molar-refractivity contribution in [3.05, 3.63) is 60.2 Å². The lowest BCUT2D eigenvalue weighted by Crippen LogP contribution is -2.34. The molecule has 2 aromatic carbocycles. The van der Waals surface area contributed by atoms with Crippen molar-refractivity contribution >= 4 is 33.8 Å². The van der Waals surface area contributed by atoms with Crippen LogP contribution in [0.5, 0.6) is 0 Å². The monoisotopic (exact) mass is 382 g/mol. The first kappa shape index (κ1) is 21.2. The number of halogens is 1. The van der Waals surface area contributed by atoms with Crippen LogP contribution in [-0.2, 0) is 20.4 Å². The second kappa shape index (κ2) is 8.99. The molecule has 0 saturated heterocycles. The Morgan fingerprint density at radius 2 is 1.60 bits per heavy atom. The minimum absolute atomic E-state index is 0. The van der Waals surface area contributed by atoms with Crippen molar-refractivity contribution in [1.29, 1.82) is 0 Å². The van der Waals surface area contributed by atoms with Crippen molar-refractivity contribution in [2.24, 2.45) is 11.7 Å². The Hall–Kier alpha value is -1.89. The highest BCUT2D eigenvalue weighted by Gasteiger charge is 2.20. The van der Waals surface area contributed by atoms with Crippen molar-refractivity contribution in [2.45, 2.75) is 30.5 Å². The number of para-hydroxylation sites is 1. The first-order valence-electron chi connectivity index (χ1n) is 7.73. The average molecular weight is 383 g/mol. The second-order valence-electron chi connectivity index (χ2n) is 5.87. The topological polar surface area (TPSA) is 89.3 Å². The molecule has 0 bridgehead atoms. The van der Waals surface area contributed by atoms with E-state index in [4.69, 9.17) is 5.73 Å². The van der Waals surface area contributed by atoms with Crippen LogP contribution in [0.2, 0.25) is 0 Å². The zero-order valence-electron chi connectivity index (χ0n) is 14.2. The number of carbonyl (C=O) groups is 1. The van der Waals surface area contributed by atoms with Crippen LogP contribution in [0.4, 0.5) is 5.69 Å². The smallest absolute Gasteiger partial charge is 0.228 e. The number of amides is 1. The van der Waals surface area contributed by atoms with Crippen molar-refractivity contribution in [3.63, 3.8) is 0 Å². The molecule has 0 aliphatic rings. The van der Waals surface area contributed by atoms with Crippen molar-refractivity contribution in [3.8, 4) is 0 Å². The fourth-order valence-electron chi connectivity index (χ4n) is 2.17. The van der Waals surface area contributed by atoms with Crippen molar-refractivity contribution in [1.82, 2.24) is 0 Å². The summed E-state index contributed by atoms with van der Waals surface area (Å²) in [4.78, 5) is 12.5. The molecule has 2 aromatic rings. The molecular formula is C18H23ClN2O3S. The highest BCUT2D eigenvalue weighted by molar-refractivity contribution is 7.90. The molecule has 7 heteroatoms. The standard InChI is InChI=1S/C18H22N2O3S.ClH/c1-13(14(2)19)18(21)20-17-11-7-6-8-15(17)12-24(22,23)16-9-4-3-5-10-16;/h3-11,13-14H,12,19H2,1-2H3,(H,20,21);1H. The predicted octanol–water partition coefficient (Wildman–Crippen LogP) is 3.00. The first-order chi connectivity index (χ1) is 11.3. The zero-order valence-corrected chi connectivity index (χ0v) is 15.8. The van der Waals surface area contributed by atoms with Gasteiger partial charge in [0.05, 0.1) is 16.6 Å².